The molecule has 0 fully saturated rings. The fourth-order valence-corrected chi connectivity index (χ4v) is 2.27. The van der Waals surface area contributed by atoms with E-state index in [1.165, 1.54) is 5.69 Å². The molecule has 1 aromatic carbocycles. The number of nitrogens with one attached hydrogen (secondary N) is 1. The van der Waals surface area contributed by atoms with E-state index in [0.29, 0.717) is 13.2 Å². The molecule has 2 rings (SSSR count). The molecule has 0 bridgehead atoms. The maximum Gasteiger partial charge on any atom is 0.163 e. The van der Waals surface area contributed by atoms with Crippen molar-refractivity contribution in [2.75, 3.05) is 18.5 Å². The predicted octanol–water partition coefficient (Wildman–Crippen LogP) is 3.92. The molecule has 0 aliphatic carbocycles. The summed E-state index contributed by atoms with van der Waals surface area (Å²) >= 11 is 0. The minimum atomic E-state index is 0.627. The van der Waals surface area contributed by atoms with Gasteiger partial charge in [-0.2, -0.15) is 0 Å². The van der Waals surface area contributed by atoms with Crippen LogP contribution in [0.4, 0.5) is 5.69 Å². The van der Waals surface area contributed by atoms with Crippen molar-refractivity contribution in [2.45, 2.75) is 33.9 Å². The van der Waals surface area contributed by atoms with Crippen LogP contribution in [0.5, 0.6) is 11.5 Å². The van der Waals surface area contributed by atoms with Gasteiger partial charge >= 0.3 is 0 Å². The van der Waals surface area contributed by atoms with Crippen molar-refractivity contribution in [3.05, 3.63) is 42.2 Å². The molecule has 1 N–H and O–H groups in total. The SMILES string of the molecule is CCOc1ccc(NCc2cccn2CC)cc1OCC. The number of ether oxygens (including phenoxy) is 2. The molecule has 2 aromatic rings. The number of hydrogen-bond acceptors (Lipinski definition) is 3. The Hall–Kier alpha value is -2.10. The van der Waals surface area contributed by atoms with Gasteiger partial charge in [0.15, 0.2) is 11.5 Å². The molecule has 0 saturated heterocycles. The number of hydrogen-bond donors (Lipinski definition) is 1. The Morgan fingerprint density at radius 3 is 2.48 bits per heavy atom. The van der Waals surface area contributed by atoms with Gasteiger partial charge in [0, 0.05) is 30.2 Å². The van der Waals surface area contributed by atoms with Gasteiger partial charge in [0.1, 0.15) is 0 Å². The molecule has 4 nitrogen and oxygen atoms in total. The molecule has 0 radical (unpaired) electrons. The molecule has 114 valence electrons. The third-order valence-electron chi connectivity index (χ3n) is 3.28. The van der Waals surface area contributed by atoms with Crippen molar-refractivity contribution in [2.24, 2.45) is 0 Å². The van der Waals surface area contributed by atoms with Crippen LogP contribution in [-0.2, 0) is 13.1 Å². The first-order chi connectivity index (χ1) is 10.3. The Bertz CT molecular complexity index is 564. The van der Waals surface area contributed by atoms with E-state index in [2.05, 4.69) is 35.1 Å². The highest BCUT2D eigenvalue weighted by atomic mass is 16.5. The van der Waals surface area contributed by atoms with Crippen LogP contribution in [-0.4, -0.2) is 17.8 Å². The molecule has 21 heavy (non-hydrogen) atoms. The first-order valence-corrected chi connectivity index (χ1v) is 7.56. The predicted molar refractivity (Wildman–Crippen MR) is 86.2 cm³/mol. The fraction of sp³-hybridized carbons (Fsp3) is 0.412. The number of nitrogens with zero attached hydrogens (tertiary/aromatic N) is 1. The lowest BCUT2D eigenvalue weighted by atomic mass is 10.2. The van der Waals surface area contributed by atoms with Crippen LogP contribution in [0.3, 0.4) is 0 Å². The molecule has 0 atom stereocenters. The summed E-state index contributed by atoms with van der Waals surface area (Å²) in [5.41, 5.74) is 2.30. The molecular weight excluding hydrogens is 264 g/mol. The number of aryl methyl sites for hydroxylation is 1. The maximum absolute atomic E-state index is 5.64. The highest BCUT2D eigenvalue weighted by Crippen LogP contribution is 2.30. The summed E-state index contributed by atoms with van der Waals surface area (Å²) in [5.74, 6) is 1.58. The van der Waals surface area contributed by atoms with Crippen LogP contribution in [0.15, 0.2) is 36.5 Å². The number of benzene rings is 1. The van der Waals surface area contributed by atoms with Crippen LogP contribution in [0, 0.1) is 0 Å². The lowest BCUT2D eigenvalue weighted by Crippen LogP contribution is -2.06. The van der Waals surface area contributed by atoms with Gasteiger partial charge in [0.2, 0.25) is 0 Å². The van der Waals surface area contributed by atoms with Gasteiger partial charge in [0.05, 0.1) is 19.8 Å². The van der Waals surface area contributed by atoms with Gasteiger partial charge in [-0.15, -0.1) is 0 Å². The summed E-state index contributed by atoms with van der Waals surface area (Å²) in [6, 6.07) is 10.2. The van der Waals surface area contributed by atoms with Gasteiger partial charge in [-0.05, 0) is 45.0 Å². The Morgan fingerprint density at radius 2 is 1.76 bits per heavy atom. The lowest BCUT2D eigenvalue weighted by molar-refractivity contribution is 0.288. The third kappa shape index (κ3) is 3.94. The highest BCUT2D eigenvalue weighted by molar-refractivity contribution is 5.54. The summed E-state index contributed by atoms with van der Waals surface area (Å²) in [4.78, 5) is 0. The van der Waals surface area contributed by atoms with Crippen molar-refractivity contribution < 1.29 is 9.47 Å². The smallest absolute Gasteiger partial charge is 0.163 e. The average molecular weight is 288 g/mol. The molecule has 0 unspecified atom stereocenters. The normalized spacial score (nSPS) is 10.4. The van der Waals surface area contributed by atoms with Gasteiger partial charge in [0.25, 0.3) is 0 Å². The number of aromatic nitrogens is 1. The molecule has 0 amide bonds. The van der Waals surface area contributed by atoms with E-state index in [1.54, 1.807) is 0 Å². The second kappa shape index (κ2) is 7.62. The highest BCUT2D eigenvalue weighted by Gasteiger charge is 2.06. The number of anilines is 1. The standard InChI is InChI=1S/C17H24N2O2/c1-4-19-11-7-8-15(19)13-18-14-9-10-16(20-5-2)17(12-14)21-6-3/h7-12,18H,4-6,13H2,1-3H3. The maximum atomic E-state index is 5.64. The zero-order valence-corrected chi connectivity index (χ0v) is 13.1. The van der Waals surface area contributed by atoms with Crippen molar-refractivity contribution in [3.8, 4) is 11.5 Å². The lowest BCUT2D eigenvalue weighted by Gasteiger charge is -2.14. The van der Waals surface area contributed by atoms with Crippen LogP contribution >= 0.6 is 0 Å². The quantitative estimate of drug-likeness (QED) is 0.799. The van der Waals surface area contributed by atoms with Crippen LogP contribution in [0.25, 0.3) is 0 Å². The summed E-state index contributed by atoms with van der Waals surface area (Å²) < 4.78 is 13.4. The van der Waals surface area contributed by atoms with Gasteiger partial charge < -0.3 is 19.4 Å². The molecule has 0 aliphatic rings. The van der Waals surface area contributed by atoms with E-state index in [4.69, 9.17) is 9.47 Å². The van der Waals surface area contributed by atoms with Crippen molar-refractivity contribution in [1.29, 1.82) is 0 Å². The van der Waals surface area contributed by atoms with Crippen LogP contribution in [0.1, 0.15) is 26.5 Å². The Morgan fingerprint density at radius 1 is 1.00 bits per heavy atom. The zero-order valence-electron chi connectivity index (χ0n) is 13.1. The van der Waals surface area contributed by atoms with Gasteiger partial charge in [-0.3, -0.25) is 0 Å². The Kier molecular flexibility index (Phi) is 5.55. The Labute approximate surface area is 126 Å². The minimum absolute atomic E-state index is 0.627. The summed E-state index contributed by atoms with van der Waals surface area (Å²) in [5, 5.41) is 3.43. The first-order valence-electron chi connectivity index (χ1n) is 7.56. The van der Waals surface area contributed by atoms with Crippen LogP contribution in [0.2, 0.25) is 0 Å². The van der Waals surface area contributed by atoms with E-state index in [0.717, 1.165) is 30.3 Å². The summed E-state index contributed by atoms with van der Waals surface area (Å²) in [6.07, 6.45) is 2.10. The second-order valence-corrected chi connectivity index (χ2v) is 4.67. The largest absolute Gasteiger partial charge is 0.490 e. The Balaban J connectivity index is 2.07. The van der Waals surface area contributed by atoms with Gasteiger partial charge in [-0.1, -0.05) is 0 Å². The topological polar surface area (TPSA) is 35.4 Å². The monoisotopic (exact) mass is 288 g/mol. The van der Waals surface area contributed by atoms with Crippen LogP contribution < -0.4 is 14.8 Å². The van der Waals surface area contributed by atoms with E-state index >= 15 is 0 Å². The molecule has 0 aliphatic heterocycles. The molecule has 0 spiro atoms. The minimum Gasteiger partial charge on any atom is -0.490 e. The zero-order chi connectivity index (χ0) is 15.1. The average Bonchev–Trinajstić information content (AvgIpc) is 2.95. The number of rotatable bonds is 8. The fourth-order valence-electron chi connectivity index (χ4n) is 2.27. The van der Waals surface area contributed by atoms with Crippen molar-refractivity contribution >= 4 is 5.69 Å². The van der Waals surface area contributed by atoms with Crippen molar-refractivity contribution in [1.82, 2.24) is 4.57 Å². The summed E-state index contributed by atoms with van der Waals surface area (Å²) in [7, 11) is 0. The van der Waals surface area contributed by atoms with E-state index < -0.39 is 0 Å². The van der Waals surface area contributed by atoms with E-state index in [1.807, 2.05) is 32.0 Å². The summed E-state index contributed by atoms with van der Waals surface area (Å²) in [6.45, 7) is 9.13. The van der Waals surface area contributed by atoms with Gasteiger partial charge in [-0.25, -0.2) is 0 Å². The van der Waals surface area contributed by atoms with E-state index in [-0.39, 0.29) is 0 Å². The van der Waals surface area contributed by atoms with Crippen molar-refractivity contribution in [3.63, 3.8) is 0 Å². The first kappa shape index (κ1) is 15.3. The van der Waals surface area contributed by atoms with E-state index in [9.17, 15) is 0 Å². The second-order valence-electron chi connectivity index (χ2n) is 4.67. The molecular formula is C17H24N2O2. The molecule has 4 heteroatoms. The molecule has 0 saturated carbocycles. The molecule has 1 heterocycles. The molecule has 1 aromatic heterocycles. The third-order valence-corrected chi connectivity index (χ3v) is 3.28.